The zero-order valence-electron chi connectivity index (χ0n) is 15.2. The predicted octanol–water partition coefficient (Wildman–Crippen LogP) is 4.08. The minimum atomic E-state index is -0.239. The quantitative estimate of drug-likeness (QED) is 0.731. The Morgan fingerprint density at radius 1 is 0.923 bits per heavy atom. The first-order valence-electron chi connectivity index (χ1n) is 8.51. The molecule has 1 aromatic heterocycles. The fourth-order valence-electron chi connectivity index (χ4n) is 2.80. The highest BCUT2D eigenvalue weighted by atomic mass is 16.1. The normalized spacial score (nSPS) is 10.4. The van der Waals surface area contributed by atoms with Crippen molar-refractivity contribution in [3.05, 3.63) is 82.8 Å². The Kier molecular flexibility index (Phi) is 5.27. The number of carbonyl (C=O) groups excluding carboxylic acids is 1. The molecule has 0 aliphatic heterocycles. The summed E-state index contributed by atoms with van der Waals surface area (Å²) in [7, 11) is 0. The van der Waals surface area contributed by atoms with Gasteiger partial charge in [-0.2, -0.15) is 0 Å². The first-order valence-corrected chi connectivity index (χ1v) is 8.51. The summed E-state index contributed by atoms with van der Waals surface area (Å²) < 4.78 is 0. The zero-order chi connectivity index (χ0) is 18.5. The van der Waals surface area contributed by atoms with Gasteiger partial charge in [-0.15, -0.1) is 0 Å². The smallest absolute Gasteiger partial charge is 0.271 e. The van der Waals surface area contributed by atoms with E-state index in [1.165, 1.54) is 22.9 Å². The molecule has 0 unspecified atom stereocenters. The summed E-state index contributed by atoms with van der Waals surface area (Å²) in [5.41, 5.74) is 5.81. The topological polar surface area (TPSA) is 66.9 Å². The number of rotatable bonds is 5. The molecule has 0 fully saturated rings. The van der Waals surface area contributed by atoms with Crippen LogP contribution in [-0.4, -0.2) is 15.9 Å². The average Bonchev–Trinajstić information content (AvgIpc) is 2.59. The van der Waals surface area contributed by atoms with Gasteiger partial charge >= 0.3 is 0 Å². The SMILES string of the molecule is Cc1cccc(CNC(=O)c2cnc(Nc3cc(C)cc(C)c3)cn2)c1. The summed E-state index contributed by atoms with van der Waals surface area (Å²) in [5.74, 6) is 0.363. The van der Waals surface area contributed by atoms with Gasteiger partial charge in [0, 0.05) is 12.2 Å². The molecule has 0 radical (unpaired) electrons. The van der Waals surface area contributed by atoms with Gasteiger partial charge < -0.3 is 10.6 Å². The van der Waals surface area contributed by atoms with Crippen LogP contribution in [-0.2, 0) is 6.54 Å². The van der Waals surface area contributed by atoms with Crippen LogP contribution in [0.3, 0.4) is 0 Å². The molecule has 3 rings (SSSR count). The molecule has 2 N–H and O–H groups in total. The molecule has 0 spiro atoms. The van der Waals surface area contributed by atoms with E-state index in [1.54, 1.807) is 6.20 Å². The standard InChI is InChI=1S/C21H22N4O/c1-14-5-4-6-17(8-14)11-24-21(26)19-12-23-20(13-22-19)25-18-9-15(2)7-16(3)10-18/h4-10,12-13H,11H2,1-3H3,(H,23,25)(H,24,26). The molecule has 1 heterocycles. The summed E-state index contributed by atoms with van der Waals surface area (Å²) in [4.78, 5) is 20.7. The molecule has 2 aromatic carbocycles. The van der Waals surface area contributed by atoms with Crippen molar-refractivity contribution >= 4 is 17.4 Å². The lowest BCUT2D eigenvalue weighted by Gasteiger charge is -2.09. The van der Waals surface area contributed by atoms with Crippen molar-refractivity contribution < 1.29 is 4.79 Å². The Balaban J connectivity index is 1.62. The minimum absolute atomic E-state index is 0.239. The van der Waals surface area contributed by atoms with Gasteiger partial charge in [-0.05, 0) is 49.6 Å². The molecule has 0 saturated heterocycles. The minimum Gasteiger partial charge on any atom is -0.347 e. The van der Waals surface area contributed by atoms with E-state index in [0.29, 0.717) is 18.1 Å². The molecule has 26 heavy (non-hydrogen) atoms. The highest BCUT2D eigenvalue weighted by molar-refractivity contribution is 5.92. The van der Waals surface area contributed by atoms with Crippen LogP contribution >= 0.6 is 0 Å². The van der Waals surface area contributed by atoms with Crippen molar-refractivity contribution in [2.24, 2.45) is 0 Å². The summed E-state index contributed by atoms with van der Waals surface area (Å²) in [5, 5.41) is 6.08. The molecule has 0 atom stereocenters. The van der Waals surface area contributed by atoms with Gasteiger partial charge in [0.15, 0.2) is 0 Å². The molecule has 1 amide bonds. The van der Waals surface area contributed by atoms with Gasteiger partial charge in [-0.25, -0.2) is 9.97 Å². The predicted molar refractivity (Wildman–Crippen MR) is 104 cm³/mol. The summed E-state index contributed by atoms with van der Waals surface area (Å²) in [6.07, 6.45) is 3.05. The van der Waals surface area contributed by atoms with Gasteiger partial charge in [0.25, 0.3) is 5.91 Å². The van der Waals surface area contributed by atoms with Crippen molar-refractivity contribution in [3.8, 4) is 0 Å². The van der Waals surface area contributed by atoms with Crippen LogP contribution in [0, 0.1) is 20.8 Å². The van der Waals surface area contributed by atoms with Crippen LogP contribution in [0.1, 0.15) is 32.7 Å². The Labute approximate surface area is 153 Å². The third-order valence-electron chi connectivity index (χ3n) is 3.91. The Hall–Kier alpha value is -3.21. The zero-order valence-corrected chi connectivity index (χ0v) is 15.2. The monoisotopic (exact) mass is 346 g/mol. The van der Waals surface area contributed by atoms with Gasteiger partial charge in [-0.1, -0.05) is 35.9 Å². The van der Waals surface area contributed by atoms with E-state index >= 15 is 0 Å². The fourth-order valence-corrected chi connectivity index (χ4v) is 2.80. The molecular weight excluding hydrogens is 324 g/mol. The molecule has 132 valence electrons. The molecule has 5 nitrogen and oxygen atoms in total. The Morgan fingerprint density at radius 2 is 1.69 bits per heavy atom. The second-order valence-corrected chi connectivity index (χ2v) is 6.46. The third kappa shape index (κ3) is 4.66. The molecule has 0 bridgehead atoms. The largest absolute Gasteiger partial charge is 0.347 e. The van der Waals surface area contributed by atoms with Crippen molar-refractivity contribution in [1.82, 2.24) is 15.3 Å². The molecule has 5 heteroatoms. The van der Waals surface area contributed by atoms with E-state index in [-0.39, 0.29) is 5.91 Å². The second kappa shape index (κ2) is 7.78. The maximum Gasteiger partial charge on any atom is 0.271 e. The lowest BCUT2D eigenvalue weighted by atomic mass is 10.1. The third-order valence-corrected chi connectivity index (χ3v) is 3.91. The van der Waals surface area contributed by atoms with E-state index in [4.69, 9.17) is 0 Å². The Bertz CT molecular complexity index is 899. The summed E-state index contributed by atoms with van der Waals surface area (Å²) in [6, 6.07) is 14.2. The number of nitrogens with one attached hydrogen (secondary N) is 2. The number of aryl methyl sites for hydroxylation is 3. The van der Waals surface area contributed by atoms with Crippen LogP contribution < -0.4 is 10.6 Å². The number of hydrogen-bond acceptors (Lipinski definition) is 4. The highest BCUT2D eigenvalue weighted by Crippen LogP contribution is 2.17. The molecule has 3 aromatic rings. The van der Waals surface area contributed by atoms with Gasteiger partial charge in [0.1, 0.15) is 11.5 Å². The highest BCUT2D eigenvalue weighted by Gasteiger charge is 2.08. The van der Waals surface area contributed by atoms with Gasteiger partial charge in [0.05, 0.1) is 12.4 Å². The number of nitrogens with zero attached hydrogens (tertiary/aromatic N) is 2. The lowest BCUT2D eigenvalue weighted by Crippen LogP contribution is -2.24. The van der Waals surface area contributed by atoms with E-state index < -0.39 is 0 Å². The number of aromatic nitrogens is 2. The maximum atomic E-state index is 12.2. The summed E-state index contributed by atoms with van der Waals surface area (Å²) in [6.45, 7) is 6.58. The van der Waals surface area contributed by atoms with Crippen LogP contribution in [0.4, 0.5) is 11.5 Å². The first kappa shape index (κ1) is 17.6. The van der Waals surface area contributed by atoms with Gasteiger partial charge in [0.2, 0.25) is 0 Å². The van der Waals surface area contributed by atoms with E-state index in [2.05, 4.69) is 26.7 Å². The first-order chi connectivity index (χ1) is 12.5. The van der Waals surface area contributed by atoms with Crippen LogP contribution in [0.25, 0.3) is 0 Å². The molecule has 0 aliphatic carbocycles. The molecule has 0 aliphatic rings. The van der Waals surface area contributed by atoms with Crippen LogP contribution in [0.15, 0.2) is 54.9 Å². The Morgan fingerprint density at radius 3 is 2.35 bits per heavy atom. The number of anilines is 2. The molecule has 0 saturated carbocycles. The number of amides is 1. The van der Waals surface area contributed by atoms with Crippen molar-refractivity contribution in [1.29, 1.82) is 0 Å². The fraction of sp³-hybridized carbons (Fsp3) is 0.190. The van der Waals surface area contributed by atoms with Gasteiger partial charge in [-0.3, -0.25) is 4.79 Å². The van der Waals surface area contributed by atoms with E-state index in [0.717, 1.165) is 11.3 Å². The molecular formula is C21H22N4O. The number of benzene rings is 2. The van der Waals surface area contributed by atoms with Crippen molar-refractivity contribution in [2.75, 3.05) is 5.32 Å². The van der Waals surface area contributed by atoms with E-state index in [9.17, 15) is 4.79 Å². The number of carbonyl (C=O) groups is 1. The average molecular weight is 346 g/mol. The van der Waals surface area contributed by atoms with Crippen molar-refractivity contribution in [3.63, 3.8) is 0 Å². The van der Waals surface area contributed by atoms with Crippen LogP contribution in [0.2, 0.25) is 0 Å². The summed E-state index contributed by atoms with van der Waals surface area (Å²) >= 11 is 0. The van der Waals surface area contributed by atoms with E-state index in [1.807, 2.05) is 57.2 Å². The van der Waals surface area contributed by atoms with Crippen molar-refractivity contribution in [2.45, 2.75) is 27.3 Å². The lowest BCUT2D eigenvalue weighted by molar-refractivity contribution is 0.0945. The maximum absolute atomic E-state index is 12.2. The second-order valence-electron chi connectivity index (χ2n) is 6.46. The van der Waals surface area contributed by atoms with Crippen LogP contribution in [0.5, 0.6) is 0 Å². The number of hydrogen-bond donors (Lipinski definition) is 2.